The topological polar surface area (TPSA) is 129 Å². The minimum atomic E-state index is -0.884. The summed E-state index contributed by atoms with van der Waals surface area (Å²) < 4.78 is 13.1. The lowest BCUT2D eigenvalue weighted by molar-refractivity contribution is 0.0169. The minimum Gasteiger partial charge on any atom is -0.468 e. The van der Waals surface area contributed by atoms with Crippen LogP contribution in [0, 0.1) is 11.3 Å². The molecular formula is C21H34N6O4. The molecule has 1 unspecified atom stereocenters. The molecule has 0 radical (unpaired) electrons. The van der Waals surface area contributed by atoms with Gasteiger partial charge in [-0.15, -0.1) is 0 Å². The summed E-state index contributed by atoms with van der Waals surface area (Å²) in [5, 5.41) is 9.79. The largest absolute Gasteiger partial charge is 0.468 e. The molecule has 2 atom stereocenters. The van der Waals surface area contributed by atoms with Crippen LogP contribution in [0.4, 0.5) is 10.6 Å². The number of fused-ring (bicyclic) bond motifs is 1. The molecule has 2 aromatic heterocycles. The number of imidazole rings is 1. The summed E-state index contributed by atoms with van der Waals surface area (Å²) in [5.74, 6) is 0.300. The van der Waals surface area contributed by atoms with E-state index in [2.05, 4.69) is 42.6 Å². The summed E-state index contributed by atoms with van der Waals surface area (Å²) in [7, 11) is 1.55. The molecule has 0 aliphatic carbocycles. The SMILES string of the molecule is CCCCOc1nc(N)c2nc(OC)n(C[C@H]3CCCN(C(=O)O)C3C(C)(C)C)c2n1. The summed E-state index contributed by atoms with van der Waals surface area (Å²) in [6.45, 7) is 9.88. The van der Waals surface area contributed by atoms with Gasteiger partial charge < -0.3 is 25.2 Å². The first kappa shape index (κ1) is 22.9. The lowest BCUT2D eigenvalue weighted by Gasteiger charge is -2.47. The van der Waals surface area contributed by atoms with E-state index in [1.165, 1.54) is 0 Å². The molecule has 3 N–H and O–H groups in total. The monoisotopic (exact) mass is 434 g/mol. The third-order valence-electron chi connectivity index (χ3n) is 5.78. The fourth-order valence-corrected chi connectivity index (χ4v) is 4.56. The first-order valence-corrected chi connectivity index (χ1v) is 10.9. The number of amides is 1. The molecule has 172 valence electrons. The molecule has 31 heavy (non-hydrogen) atoms. The number of rotatable bonds is 7. The number of piperidine rings is 1. The summed E-state index contributed by atoms with van der Waals surface area (Å²) in [5.41, 5.74) is 6.91. The number of anilines is 1. The van der Waals surface area contributed by atoms with Crippen molar-refractivity contribution < 1.29 is 19.4 Å². The first-order valence-electron chi connectivity index (χ1n) is 10.9. The summed E-state index contributed by atoms with van der Waals surface area (Å²) in [6, 6.07) is 0.438. The van der Waals surface area contributed by atoms with E-state index in [0.29, 0.717) is 36.9 Å². The number of methoxy groups -OCH3 is 1. The Morgan fingerprint density at radius 1 is 1.29 bits per heavy atom. The number of hydrogen-bond donors (Lipinski definition) is 2. The van der Waals surface area contributed by atoms with E-state index in [-0.39, 0.29) is 29.2 Å². The lowest BCUT2D eigenvalue weighted by Crippen LogP contribution is -2.55. The van der Waals surface area contributed by atoms with Crippen molar-refractivity contribution in [2.45, 2.75) is 66.0 Å². The third kappa shape index (κ3) is 4.77. The minimum absolute atomic E-state index is 0.0665. The maximum Gasteiger partial charge on any atom is 0.407 e. The van der Waals surface area contributed by atoms with Crippen LogP contribution >= 0.6 is 0 Å². The van der Waals surface area contributed by atoms with Crippen LogP contribution in [-0.2, 0) is 6.54 Å². The fourth-order valence-electron chi connectivity index (χ4n) is 4.56. The molecule has 10 heteroatoms. The van der Waals surface area contributed by atoms with Gasteiger partial charge in [0.05, 0.1) is 13.7 Å². The normalized spacial score (nSPS) is 19.6. The Kier molecular flexibility index (Phi) is 6.76. The zero-order valence-electron chi connectivity index (χ0n) is 19.1. The van der Waals surface area contributed by atoms with Gasteiger partial charge >= 0.3 is 12.1 Å². The van der Waals surface area contributed by atoms with Crippen molar-refractivity contribution in [1.82, 2.24) is 24.4 Å². The highest BCUT2D eigenvalue weighted by Gasteiger charge is 2.42. The van der Waals surface area contributed by atoms with Crippen molar-refractivity contribution in [2.75, 3.05) is 26.0 Å². The molecule has 1 aliphatic rings. The molecule has 3 heterocycles. The number of aromatic nitrogens is 4. The zero-order valence-corrected chi connectivity index (χ0v) is 19.1. The van der Waals surface area contributed by atoms with Gasteiger partial charge in [0, 0.05) is 19.1 Å². The number of unbranched alkanes of at least 4 members (excludes halogenated alkanes) is 1. The third-order valence-corrected chi connectivity index (χ3v) is 5.78. The van der Waals surface area contributed by atoms with Crippen LogP contribution in [0.25, 0.3) is 11.2 Å². The van der Waals surface area contributed by atoms with Gasteiger partial charge in [0.2, 0.25) is 0 Å². The van der Waals surface area contributed by atoms with Crippen molar-refractivity contribution in [3.8, 4) is 12.0 Å². The Balaban J connectivity index is 2.01. The Hall–Kier alpha value is -2.78. The van der Waals surface area contributed by atoms with Crippen LogP contribution in [0.5, 0.6) is 12.0 Å². The van der Waals surface area contributed by atoms with Crippen molar-refractivity contribution in [3.63, 3.8) is 0 Å². The van der Waals surface area contributed by atoms with E-state index in [1.54, 1.807) is 12.0 Å². The second-order valence-electron chi connectivity index (χ2n) is 9.16. The van der Waals surface area contributed by atoms with E-state index in [4.69, 9.17) is 15.2 Å². The maximum absolute atomic E-state index is 11.9. The zero-order chi connectivity index (χ0) is 22.8. The molecule has 3 rings (SSSR count). The summed E-state index contributed by atoms with van der Waals surface area (Å²) >= 11 is 0. The number of carboxylic acid groups (broad SMARTS) is 1. The standard InChI is InChI=1S/C21H34N6O4/c1-6-7-11-31-18-24-16(22)14-17(25-18)27(19(23-14)30-5)12-13-9-8-10-26(20(28)29)15(13)21(2,3)4/h13,15H,6-12H2,1-5H3,(H,28,29)(H2,22,24,25)/t13-,15?/m1/s1. The Morgan fingerprint density at radius 3 is 2.65 bits per heavy atom. The predicted octanol–water partition coefficient (Wildman–Crippen LogP) is 3.40. The molecule has 0 bridgehead atoms. The van der Waals surface area contributed by atoms with Crippen molar-refractivity contribution >= 4 is 23.1 Å². The second-order valence-corrected chi connectivity index (χ2v) is 9.16. The Bertz CT molecular complexity index is 923. The molecule has 1 amide bonds. The van der Waals surface area contributed by atoms with Crippen molar-refractivity contribution in [3.05, 3.63) is 0 Å². The second kappa shape index (κ2) is 9.15. The quantitative estimate of drug-likeness (QED) is 0.635. The first-order chi connectivity index (χ1) is 14.7. The van der Waals surface area contributed by atoms with E-state index < -0.39 is 6.09 Å². The van der Waals surface area contributed by atoms with Crippen molar-refractivity contribution in [2.24, 2.45) is 11.3 Å². The molecule has 2 aromatic rings. The molecule has 0 aromatic carbocycles. The van der Waals surface area contributed by atoms with Crippen LogP contribution < -0.4 is 15.2 Å². The van der Waals surface area contributed by atoms with Gasteiger partial charge in [-0.25, -0.2) is 4.79 Å². The number of nitrogens with two attached hydrogens (primary N) is 1. The van der Waals surface area contributed by atoms with Crippen LogP contribution in [0.15, 0.2) is 0 Å². The maximum atomic E-state index is 11.9. The molecule has 1 fully saturated rings. The van der Waals surface area contributed by atoms with Gasteiger partial charge in [-0.1, -0.05) is 34.1 Å². The predicted molar refractivity (Wildman–Crippen MR) is 117 cm³/mol. The number of nitrogen functional groups attached to an aromatic ring is 1. The summed E-state index contributed by atoms with van der Waals surface area (Å²) in [4.78, 5) is 26.8. The van der Waals surface area contributed by atoms with E-state index in [1.807, 2.05) is 4.57 Å². The molecule has 10 nitrogen and oxygen atoms in total. The van der Waals surface area contributed by atoms with Gasteiger partial charge in [0.25, 0.3) is 6.01 Å². The number of likely N-dealkylation sites (tertiary alicyclic amines) is 1. The number of carbonyl (C=O) groups is 1. The smallest absolute Gasteiger partial charge is 0.407 e. The lowest BCUT2D eigenvalue weighted by atomic mass is 9.74. The van der Waals surface area contributed by atoms with Crippen LogP contribution in [-0.4, -0.2) is 61.9 Å². The molecule has 0 spiro atoms. The number of hydrogen-bond acceptors (Lipinski definition) is 7. The highest BCUT2D eigenvalue weighted by Crippen LogP contribution is 2.38. The van der Waals surface area contributed by atoms with Crippen LogP contribution in [0.3, 0.4) is 0 Å². The Labute approximate surface area is 182 Å². The van der Waals surface area contributed by atoms with E-state index in [0.717, 1.165) is 25.7 Å². The average Bonchev–Trinajstić information content (AvgIpc) is 3.05. The molecule has 0 saturated carbocycles. The average molecular weight is 435 g/mol. The molecular weight excluding hydrogens is 400 g/mol. The highest BCUT2D eigenvalue weighted by atomic mass is 16.5. The van der Waals surface area contributed by atoms with Crippen LogP contribution in [0.1, 0.15) is 53.4 Å². The van der Waals surface area contributed by atoms with Crippen LogP contribution in [0.2, 0.25) is 0 Å². The van der Waals surface area contributed by atoms with Gasteiger partial charge in [-0.3, -0.25) is 4.57 Å². The van der Waals surface area contributed by atoms with Gasteiger partial charge in [-0.2, -0.15) is 15.0 Å². The fraction of sp³-hybridized carbons (Fsp3) is 0.714. The van der Waals surface area contributed by atoms with Gasteiger partial charge in [-0.05, 0) is 30.6 Å². The van der Waals surface area contributed by atoms with Gasteiger partial charge in [0.1, 0.15) is 0 Å². The molecule has 1 aliphatic heterocycles. The number of ether oxygens (including phenoxy) is 2. The Morgan fingerprint density at radius 2 is 2.03 bits per heavy atom. The summed E-state index contributed by atoms with van der Waals surface area (Å²) in [6.07, 6.45) is 2.71. The number of nitrogens with zero attached hydrogens (tertiary/aromatic N) is 5. The van der Waals surface area contributed by atoms with Gasteiger partial charge in [0.15, 0.2) is 17.0 Å². The van der Waals surface area contributed by atoms with E-state index in [9.17, 15) is 9.90 Å². The van der Waals surface area contributed by atoms with E-state index >= 15 is 0 Å². The highest BCUT2D eigenvalue weighted by molar-refractivity contribution is 5.83. The van der Waals surface area contributed by atoms with Crippen molar-refractivity contribution in [1.29, 1.82) is 0 Å². The molecule has 1 saturated heterocycles.